The molecule has 3 rings (SSSR count). The lowest BCUT2D eigenvalue weighted by Gasteiger charge is -2.32. The van der Waals surface area contributed by atoms with Crippen LogP contribution in [-0.4, -0.2) is 31.4 Å². The molecule has 29 heavy (non-hydrogen) atoms. The van der Waals surface area contributed by atoms with Crippen LogP contribution < -0.4 is 15.5 Å². The zero-order valence-corrected chi connectivity index (χ0v) is 17.6. The normalized spacial score (nSPS) is 14.7. The van der Waals surface area contributed by atoms with E-state index >= 15 is 0 Å². The highest BCUT2D eigenvalue weighted by molar-refractivity contribution is 6.05. The summed E-state index contributed by atoms with van der Waals surface area (Å²) in [6, 6.07) is 14.8. The Morgan fingerprint density at radius 1 is 0.931 bits per heavy atom. The lowest BCUT2D eigenvalue weighted by molar-refractivity contribution is 0.0947. The van der Waals surface area contributed by atoms with E-state index in [0.717, 1.165) is 24.7 Å². The summed E-state index contributed by atoms with van der Waals surface area (Å²) in [6.07, 6.45) is 2.45. The molecule has 1 aliphatic heterocycles. The molecule has 0 unspecified atom stereocenters. The molecule has 2 N–H and O–H groups in total. The van der Waals surface area contributed by atoms with Crippen molar-refractivity contribution in [2.24, 2.45) is 11.8 Å². The number of amides is 2. The predicted octanol–water partition coefficient (Wildman–Crippen LogP) is 4.56. The van der Waals surface area contributed by atoms with Gasteiger partial charge in [-0.3, -0.25) is 9.59 Å². The van der Waals surface area contributed by atoms with Gasteiger partial charge in [-0.05, 0) is 73.2 Å². The lowest BCUT2D eigenvalue weighted by Crippen LogP contribution is -2.32. The number of carbonyl (C=O) groups excluding carboxylic acids is 2. The number of carbonyl (C=O) groups is 2. The maximum Gasteiger partial charge on any atom is 0.255 e. The third-order valence-electron chi connectivity index (χ3n) is 5.35. The molecule has 154 valence electrons. The van der Waals surface area contributed by atoms with Gasteiger partial charge in [0.05, 0.1) is 0 Å². The second kappa shape index (κ2) is 9.59. The van der Waals surface area contributed by atoms with Gasteiger partial charge in [-0.2, -0.15) is 0 Å². The molecule has 2 amide bonds. The molecular weight excluding hydrogens is 362 g/mol. The quantitative estimate of drug-likeness (QED) is 0.756. The van der Waals surface area contributed by atoms with E-state index in [0.29, 0.717) is 23.6 Å². The van der Waals surface area contributed by atoms with Crippen molar-refractivity contribution >= 4 is 23.2 Å². The fraction of sp³-hybridized carbons (Fsp3) is 0.417. The van der Waals surface area contributed by atoms with Crippen LogP contribution in [0, 0.1) is 11.8 Å². The molecule has 0 radical (unpaired) electrons. The number of piperidine rings is 1. The Bertz CT molecular complexity index is 820. The van der Waals surface area contributed by atoms with Crippen LogP contribution in [0.1, 0.15) is 54.3 Å². The Hall–Kier alpha value is -2.82. The molecule has 5 heteroatoms. The fourth-order valence-electron chi connectivity index (χ4n) is 3.40. The molecule has 1 aliphatic rings. The SMILES string of the molecule is CC(C)CNC(=O)c1ccc(C(=O)Nc2ccc(N3CCC(C)CC3)cc2)cc1. The molecule has 0 spiro atoms. The Labute approximate surface area is 173 Å². The number of anilines is 2. The molecule has 2 aromatic rings. The van der Waals surface area contributed by atoms with E-state index in [-0.39, 0.29) is 11.8 Å². The minimum Gasteiger partial charge on any atom is -0.372 e. The second-order valence-electron chi connectivity index (χ2n) is 8.35. The van der Waals surface area contributed by atoms with E-state index in [1.165, 1.54) is 18.5 Å². The monoisotopic (exact) mass is 393 g/mol. The van der Waals surface area contributed by atoms with Crippen LogP contribution in [0.25, 0.3) is 0 Å². The Morgan fingerprint density at radius 3 is 2.03 bits per heavy atom. The Morgan fingerprint density at radius 2 is 1.48 bits per heavy atom. The average Bonchev–Trinajstić information content (AvgIpc) is 2.73. The van der Waals surface area contributed by atoms with Crippen LogP contribution >= 0.6 is 0 Å². The van der Waals surface area contributed by atoms with Gasteiger partial charge in [0.25, 0.3) is 11.8 Å². The largest absolute Gasteiger partial charge is 0.372 e. The summed E-state index contributed by atoms with van der Waals surface area (Å²) in [5, 5.41) is 5.80. The van der Waals surface area contributed by atoms with E-state index in [4.69, 9.17) is 0 Å². The van der Waals surface area contributed by atoms with Gasteiger partial charge in [0.15, 0.2) is 0 Å². The van der Waals surface area contributed by atoms with E-state index in [9.17, 15) is 9.59 Å². The first kappa shape index (κ1) is 20.9. The van der Waals surface area contributed by atoms with Crippen LogP contribution in [0.5, 0.6) is 0 Å². The van der Waals surface area contributed by atoms with Crippen molar-refractivity contribution in [2.75, 3.05) is 29.9 Å². The van der Waals surface area contributed by atoms with Gasteiger partial charge in [-0.15, -0.1) is 0 Å². The average molecular weight is 394 g/mol. The smallest absolute Gasteiger partial charge is 0.255 e. The summed E-state index contributed by atoms with van der Waals surface area (Å²) in [7, 11) is 0. The molecule has 0 aromatic heterocycles. The van der Waals surface area contributed by atoms with Crippen molar-refractivity contribution in [3.05, 3.63) is 59.7 Å². The molecule has 2 aromatic carbocycles. The molecule has 1 saturated heterocycles. The molecule has 0 bridgehead atoms. The summed E-state index contributed by atoms with van der Waals surface area (Å²) in [5.41, 5.74) is 3.05. The summed E-state index contributed by atoms with van der Waals surface area (Å²) in [6.45, 7) is 9.21. The summed E-state index contributed by atoms with van der Waals surface area (Å²) in [5.74, 6) is 0.901. The van der Waals surface area contributed by atoms with Crippen molar-refractivity contribution in [2.45, 2.75) is 33.6 Å². The van der Waals surface area contributed by atoms with Crippen molar-refractivity contribution < 1.29 is 9.59 Å². The first-order valence-electron chi connectivity index (χ1n) is 10.5. The minimum atomic E-state index is -0.182. The predicted molar refractivity (Wildman–Crippen MR) is 119 cm³/mol. The Kier molecular flexibility index (Phi) is 6.91. The van der Waals surface area contributed by atoms with Crippen LogP contribution in [-0.2, 0) is 0 Å². The summed E-state index contributed by atoms with van der Waals surface area (Å²) >= 11 is 0. The summed E-state index contributed by atoms with van der Waals surface area (Å²) < 4.78 is 0. The minimum absolute atomic E-state index is 0.117. The topological polar surface area (TPSA) is 61.4 Å². The number of rotatable bonds is 6. The standard InChI is InChI=1S/C24H31N3O2/c1-17(2)16-25-23(28)19-4-6-20(7-5-19)24(29)26-21-8-10-22(11-9-21)27-14-12-18(3)13-15-27/h4-11,17-18H,12-16H2,1-3H3,(H,25,28)(H,26,29). The first-order chi connectivity index (χ1) is 13.9. The maximum absolute atomic E-state index is 12.5. The second-order valence-corrected chi connectivity index (χ2v) is 8.35. The number of hydrogen-bond acceptors (Lipinski definition) is 3. The van der Waals surface area contributed by atoms with Crippen LogP contribution in [0.4, 0.5) is 11.4 Å². The van der Waals surface area contributed by atoms with Gasteiger partial charge < -0.3 is 15.5 Å². The van der Waals surface area contributed by atoms with E-state index in [1.54, 1.807) is 24.3 Å². The molecule has 0 aliphatic carbocycles. The highest BCUT2D eigenvalue weighted by atomic mass is 16.2. The lowest BCUT2D eigenvalue weighted by atomic mass is 9.99. The molecular formula is C24H31N3O2. The van der Waals surface area contributed by atoms with Crippen LogP contribution in [0.15, 0.2) is 48.5 Å². The van der Waals surface area contributed by atoms with Gasteiger partial charge in [0.2, 0.25) is 0 Å². The van der Waals surface area contributed by atoms with E-state index < -0.39 is 0 Å². The maximum atomic E-state index is 12.5. The van der Waals surface area contributed by atoms with Gasteiger partial charge >= 0.3 is 0 Å². The van der Waals surface area contributed by atoms with E-state index in [1.807, 2.05) is 26.0 Å². The molecule has 5 nitrogen and oxygen atoms in total. The van der Waals surface area contributed by atoms with Crippen molar-refractivity contribution in [3.8, 4) is 0 Å². The first-order valence-corrected chi connectivity index (χ1v) is 10.5. The van der Waals surface area contributed by atoms with Gasteiger partial charge in [-0.1, -0.05) is 20.8 Å². The molecule has 1 heterocycles. The number of hydrogen-bond donors (Lipinski definition) is 2. The Balaban J connectivity index is 1.56. The van der Waals surface area contributed by atoms with Gasteiger partial charge in [0.1, 0.15) is 0 Å². The number of benzene rings is 2. The van der Waals surface area contributed by atoms with Gasteiger partial charge in [0, 0.05) is 42.1 Å². The van der Waals surface area contributed by atoms with Crippen LogP contribution in [0.3, 0.4) is 0 Å². The molecule has 0 atom stereocenters. The summed E-state index contributed by atoms with van der Waals surface area (Å²) in [4.78, 5) is 27.0. The molecule has 0 saturated carbocycles. The third kappa shape index (κ3) is 5.83. The highest BCUT2D eigenvalue weighted by Crippen LogP contribution is 2.24. The number of nitrogens with one attached hydrogen (secondary N) is 2. The third-order valence-corrected chi connectivity index (χ3v) is 5.35. The molecule has 1 fully saturated rings. The van der Waals surface area contributed by atoms with Crippen molar-refractivity contribution in [1.82, 2.24) is 5.32 Å². The van der Waals surface area contributed by atoms with Gasteiger partial charge in [-0.25, -0.2) is 0 Å². The van der Waals surface area contributed by atoms with Crippen molar-refractivity contribution in [1.29, 1.82) is 0 Å². The fourth-order valence-corrected chi connectivity index (χ4v) is 3.40. The zero-order chi connectivity index (χ0) is 20.8. The number of nitrogens with zero attached hydrogens (tertiary/aromatic N) is 1. The van der Waals surface area contributed by atoms with E-state index in [2.05, 4.69) is 34.6 Å². The van der Waals surface area contributed by atoms with Crippen LogP contribution in [0.2, 0.25) is 0 Å². The van der Waals surface area contributed by atoms with Crippen molar-refractivity contribution in [3.63, 3.8) is 0 Å². The zero-order valence-electron chi connectivity index (χ0n) is 17.6. The highest BCUT2D eigenvalue weighted by Gasteiger charge is 2.16.